The predicted molar refractivity (Wildman–Crippen MR) is 112 cm³/mol. The number of guanidine groups is 1. The summed E-state index contributed by atoms with van der Waals surface area (Å²) in [5.74, 6) is 2.26. The first kappa shape index (κ1) is 20.8. The molecule has 1 saturated carbocycles. The molecule has 7 heteroatoms. The van der Waals surface area contributed by atoms with Crippen molar-refractivity contribution in [3.8, 4) is 17.2 Å². The highest BCUT2D eigenvalue weighted by Crippen LogP contribution is 2.48. The lowest BCUT2D eigenvalue weighted by atomic mass is 9.95. The summed E-state index contributed by atoms with van der Waals surface area (Å²) in [7, 11) is 6.48. The highest BCUT2D eigenvalue weighted by molar-refractivity contribution is 5.80. The molecule has 0 spiro atoms. The predicted octanol–water partition coefficient (Wildman–Crippen LogP) is 3.25. The molecule has 29 heavy (non-hydrogen) atoms. The maximum atomic E-state index is 14.2. The molecule has 0 heterocycles. The normalized spacial score (nSPS) is 14.9. The van der Waals surface area contributed by atoms with Crippen LogP contribution in [0.2, 0.25) is 0 Å². The number of rotatable bonds is 8. The second kappa shape index (κ2) is 9.03. The second-order valence-electron chi connectivity index (χ2n) is 7.03. The van der Waals surface area contributed by atoms with Gasteiger partial charge in [-0.1, -0.05) is 18.2 Å². The van der Waals surface area contributed by atoms with Crippen LogP contribution in [-0.4, -0.2) is 40.9 Å². The van der Waals surface area contributed by atoms with Crippen LogP contribution in [0.25, 0.3) is 0 Å². The molecule has 0 atom stereocenters. The lowest BCUT2D eigenvalue weighted by molar-refractivity contribution is 0.322. The summed E-state index contributed by atoms with van der Waals surface area (Å²) in [6.45, 7) is 1.10. The number of benzene rings is 2. The standard InChI is InChI=1S/C22H28FN3O3/c1-24-21(26-14-22(11-12-22)16-7-5-6-8-17(16)23)25-13-15-9-10-18(27-2)20(29-4)19(15)28-3/h5-10H,11-14H2,1-4H3,(H2,24,25,26). The first-order valence-corrected chi connectivity index (χ1v) is 9.56. The number of aliphatic imine (C=N–C) groups is 1. The number of nitrogens with zero attached hydrogens (tertiary/aromatic N) is 1. The van der Waals surface area contributed by atoms with E-state index in [1.807, 2.05) is 24.3 Å². The Morgan fingerprint density at radius 2 is 1.72 bits per heavy atom. The number of halogens is 1. The highest BCUT2D eigenvalue weighted by atomic mass is 19.1. The fraction of sp³-hybridized carbons (Fsp3) is 0.409. The van der Waals surface area contributed by atoms with Crippen molar-refractivity contribution in [2.24, 2.45) is 4.99 Å². The molecule has 0 aliphatic heterocycles. The van der Waals surface area contributed by atoms with E-state index in [0.717, 1.165) is 24.0 Å². The van der Waals surface area contributed by atoms with Crippen molar-refractivity contribution < 1.29 is 18.6 Å². The zero-order valence-electron chi connectivity index (χ0n) is 17.3. The van der Waals surface area contributed by atoms with Crippen LogP contribution in [0.1, 0.15) is 24.0 Å². The molecule has 1 aliphatic rings. The molecular weight excluding hydrogens is 373 g/mol. The van der Waals surface area contributed by atoms with Gasteiger partial charge in [-0.05, 0) is 36.6 Å². The van der Waals surface area contributed by atoms with Gasteiger partial charge in [0.15, 0.2) is 17.5 Å². The lowest BCUT2D eigenvalue weighted by Crippen LogP contribution is -2.41. The van der Waals surface area contributed by atoms with Crippen LogP contribution < -0.4 is 24.8 Å². The average molecular weight is 401 g/mol. The Labute approximate surface area is 171 Å². The summed E-state index contributed by atoms with van der Waals surface area (Å²) in [6.07, 6.45) is 1.92. The zero-order chi connectivity index (χ0) is 20.9. The van der Waals surface area contributed by atoms with E-state index in [0.29, 0.717) is 36.3 Å². The number of ether oxygens (including phenoxy) is 3. The van der Waals surface area contributed by atoms with Gasteiger partial charge in [-0.3, -0.25) is 4.99 Å². The van der Waals surface area contributed by atoms with Crippen molar-refractivity contribution in [1.29, 1.82) is 0 Å². The van der Waals surface area contributed by atoms with Gasteiger partial charge >= 0.3 is 0 Å². The smallest absolute Gasteiger partial charge is 0.203 e. The lowest BCUT2D eigenvalue weighted by Gasteiger charge is -2.20. The number of nitrogens with one attached hydrogen (secondary N) is 2. The minimum atomic E-state index is -0.163. The molecule has 0 aromatic heterocycles. The Morgan fingerprint density at radius 3 is 2.31 bits per heavy atom. The molecule has 0 bridgehead atoms. The second-order valence-corrected chi connectivity index (χ2v) is 7.03. The Bertz CT molecular complexity index is 882. The number of hydrogen-bond donors (Lipinski definition) is 2. The molecule has 2 aromatic rings. The van der Waals surface area contributed by atoms with Crippen LogP contribution in [-0.2, 0) is 12.0 Å². The molecular formula is C22H28FN3O3. The van der Waals surface area contributed by atoms with Gasteiger partial charge in [0.05, 0.1) is 21.3 Å². The quantitative estimate of drug-likeness (QED) is 0.525. The first-order chi connectivity index (χ1) is 14.1. The van der Waals surface area contributed by atoms with Crippen LogP contribution in [0, 0.1) is 5.82 Å². The fourth-order valence-corrected chi connectivity index (χ4v) is 3.54. The molecule has 0 amide bonds. The van der Waals surface area contributed by atoms with E-state index in [2.05, 4.69) is 15.6 Å². The van der Waals surface area contributed by atoms with Gasteiger partial charge in [-0.25, -0.2) is 4.39 Å². The fourth-order valence-electron chi connectivity index (χ4n) is 3.54. The number of methoxy groups -OCH3 is 3. The maximum absolute atomic E-state index is 14.2. The zero-order valence-corrected chi connectivity index (χ0v) is 17.3. The third kappa shape index (κ3) is 4.39. The van der Waals surface area contributed by atoms with Crippen LogP contribution in [0.4, 0.5) is 4.39 Å². The van der Waals surface area contributed by atoms with E-state index in [1.165, 1.54) is 6.07 Å². The molecule has 0 saturated heterocycles. The molecule has 2 N–H and O–H groups in total. The summed E-state index contributed by atoms with van der Waals surface area (Å²) in [4.78, 5) is 4.29. The Kier molecular flexibility index (Phi) is 6.46. The Balaban J connectivity index is 1.66. The van der Waals surface area contributed by atoms with Crippen LogP contribution in [0.5, 0.6) is 17.2 Å². The SMILES string of the molecule is CN=C(NCc1ccc(OC)c(OC)c1OC)NCC1(c2ccccc2F)CC1. The molecule has 0 radical (unpaired) electrons. The van der Waals surface area contributed by atoms with Crippen LogP contribution in [0.3, 0.4) is 0 Å². The third-order valence-corrected chi connectivity index (χ3v) is 5.35. The van der Waals surface area contributed by atoms with Crippen molar-refractivity contribution in [3.63, 3.8) is 0 Å². The van der Waals surface area contributed by atoms with Gasteiger partial charge in [0.25, 0.3) is 0 Å². The van der Waals surface area contributed by atoms with E-state index in [9.17, 15) is 4.39 Å². The van der Waals surface area contributed by atoms with Crippen molar-refractivity contribution in [3.05, 3.63) is 53.3 Å². The van der Waals surface area contributed by atoms with Gasteiger partial charge in [0.2, 0.25) is 5.75 Å². The topological polar surface area (TPSA) is 64.1 Å². The summed E-state index contributed by atoms with van der Waals surface area (Å²) in [6, 6.07) is 10.8. The molecule has 1 aliphatic carbocycles. The average Bonchev–Trinajstić information content (AvgIpc) is 3.54. The van der Waals surface area contributed by atoms with E-state index < -0.39 is 0 Å². The third-order valence-electron chi connectivity index (χ3n) is 5.35. The minimum Gasteiger partial charge on any atom is -0.493 e. The van der Waals surface area contributed by atoms with Gasteiger partial charge in [-0.2, -0.15) is 0 Å². The van der Waals surface area contributed by atoms with Crippen LogP contribution in [0.15, 0.2) is 41.4 Å². The summed E-state index contributed by atoms with van der Waals surface area (Å²) < 4.78 is 30.5. The van der Waals surface area contributed by atoms with E-state index in [4.69, 9.17) is 14.2 Å². The summed E-state index contributed by atoms with van der Waals surface area (Å²) in [5.41, 5.74) is 1.51. The largest absolute Gasteiger partial charge is 0.493 e. The number of hydrogen-bond acceptors (Lipinski definition) is 4. The van der Waals surface area contributed by atoms with Crippen molar-refractivity contribution in [2.75, 3.05) is 34.9 Å². The highest BCUT2D eigenvalue weighted by Gasteiger charge is 2.45. The molecule has 2 aromatic carbocycles. The molecule has 6 nitrogen and oxygen atoms in total. The van der Waals surface area contributed by atoms with Gasteiger partial charge in [0, 0.05) is 31.1 Å². The van der Waals surface area contributed by atoms with Gasteiger partial charge < -0.3 is 24.8 Å². The van der Waals surface area contributed by atoms with E-state index >= 15 is 0 Å². The summed E-state index contributed by atoms with van der Waals surface area (Å²) >= 11 is 0. The molecule has 3 rings (SSSR count). The van der Waals surface area contributed by atoms with Crippen molar-refractivity contribution >= 4 is 5.96 Å². The van der Waals surface area contributed by atoms with Crippen molar-refractivity contribution in [2.45, 2.75) is 24.8 Å². The first-order valence-electron chi connectivity index (χ1n) is 9.56. The molecule has 156 valence electrons. The van der Waals surface area contributed by atoms with E-state index in [-0.39, 0.29) is 11.2 Å². The minimum absolute atomic E-state index is 0.148. The maximum Gasteiger partial charge on any atom is 0.203 e. The monoisotopic (exact) mass is 401 g/mol. The van der Waals surface area contributed by atoms with Crippen molar-refractivity contribution in [1.82, 2.24) is 10.6 Å². The van der Waals surface area contributed by atoms with Crippen LogP contribution >= 0.6 is 0 Å². The van der Waals surface area contributed by atoms with Gasteiger partial charge in [-0.15, -0.1) is 0 Å². The van der Waals surface area contributed by atoms with E-state index in [1.54, 1.807) is 34.4 Å². The van der Waals surface area contributed by atoms with Gasteiger partial charge in [0.1, 0.15) is 5.82 Å². The Hall–Kier alpha value is -2.96. The Morgan fingerprint density at radius 1 is 1.00 bits per heavy atom. The molecule has 0 unspecified atom stereocenters. The molecule has 1 fully saturated rings. The summed E-state index contributed by atoms with van der Waals surface area (Å²) in [5, 5.41) is 6.62.